The van der Waals surface area contributed by atoms with Gasteiger partial charge in [0.1, 0.15) is 0 Å². The van der Waals surface area contributed by atoms with E-state index in [0.717, 1.165) is 6.42 Å². The zero-order valence-corrected chi connectivity index (χ0v) is 38.2. The molecule has 5 nitrogen and oxygen atoms in total. The van der Waals surface area contributed by atoms with Crippen molar-refractivity contribution in [3.05, 3.63) is 0 Å². The van der Waals surface area contributed by atoms with Crippen molar-refractivity contribution in [1.82, 2.24) is 11.1 Å². The van der Waals surface area contributed by atoms with Crippen molar-refractivity contribution in [1.29, 1.82) is 0 Å². The molecule has 0 saturated heterocycles. The van der Waals surface area contributed by atoms with Crippen molar-refractivity contribution in [3.63, 3.8) is 0 Å². The molecule has 3 unspecified atom stereocenters. The number of hydrogen-bond acceptors (Lipinski definition) is 5. The lowest BCUT2D eigenvalue weighted by Crippen LogP contribution is -2.64. The van der Waals surface area contributed by atoms with Crippen molar-refractivity contribution in [2.24, 2.45) is 0 Å². The topological polar surface area (TPSA) is 65.9 Å². The predicted molar refractivity (Wildman–Crippen MR) is 233 cm³/mol. The Labute approximate surface area is 330 Å². The summed E-state index contributed by atoms with van der Waals surface area (Å²) in [6, 6.07) is 1.01. The summed E-state index contributed by atoms with van der Waals surface area (Å²) in [7, 11) is 2.58. The van der Waals surface area contributed by atoms with Crippen LogP contribution in [-0.2, 0) is 13.3 Å². The molecule has 0 amide bonds. The SMILES string of the molecule is CCCCCCCCCCCCCCCCCC(C)N(C(C)CCCCCCCCCCCCCCCCC)C(CC)[Si](OC)(OC)OC.Cl.N. The van der Waals surface area contributed by atoms with Gasteiger partial charge in [0.25, 0.3) is 0 Å². The summed E-state index contributed by atoms with van der Waals surface area (Å²) in [4.78, 5) is 2.76. The van der Waals surface area contributed by atoms with Crippen LogP contribution in [0, 0.1) is 0 Å². The molecule has 0 aliphatic heterocycles. The van der Waals surface area contributed by atoms with E-state index >= 15 is 0 Å². The first kappa shape index (κ1) is 55.6. The smallest absolute Gasteiger partial charge is 0.376 e. The molecule has 0 fully saturated rings. The minimum atomic E-state index is -2.79. The Morgan fingerprint density at radius 3 is 0.804 bits per heavy atom. The predicted octanol–water partition coefficient (Wildman–Crippen LogP) is 15.4. The molecule has 0 bridgehead atoms. The molecule has 3 N–H and O–H groups in total. The van der Waals surface area contributed by atoms with Gasteiger partial charge in [-0.2, -0.15) is 0 Å². The second-order valence-corrected chi connectivity index (χ2v) is 18.9. The fraction of sp³-hybridized carbons (Fsp3) is 1.00. The van der Waals surface area contributed by atoms with E-state index in [9.17, 15) is 0 Å². The fourth-order valence-corrected chi connectivity index (χ4v) is 11.0. The summed E-state index contributed by atoms with van der Waals surface area (Å²) in [5.74, 6) is 0. The van der Waals surface area contributed by atoms with Crippen LogP contribution >= 0.6 is 12.4 Å². The minimum Gasteiger partial charge on any atom is -0.376 e. The van der Waals surface area contributed by atoms with Crippen LogP contribution in [0.25, 0.3) is 0 Å². The fourth-order valence-electron chi connectivity index (χ4n) is 8.27. The van der Waals surface area contributed by atoms with Gasteiger partial charge in [0.05, 0.1) is 5.67 Å². The van der Waals surface area contributed by atoms with E-state index in [1.165, 1.54) is 205 Å². The average molecular weight is 766 g/mol. The number of halogens is 1. The van der Waals surface area contributed by atoms with Crippen LogP contribution in [0.1, 0.15) is 247 Å². The van der Waals surface area contributed by atoms with E-state index in [1.54, 1.807) is 21.3 Å². The van der Waals surface area contributed by atoms with Gasteiger partial charge < -0.3 is 19.4 Å². The molecule has 0 aliphatic rings. The highest BCUT2D eigenvalue weighted by Gasteiger charge is 2.51. The third-order valence-electron chi connectivity index (χ3n) is 11.5. The lowest BCUT2D eigenvalue weighted by atomic mass is 10.0. The van der Waals surface area contributed by atoms with Gasteiger partial charge >= 0.3 is 8.80 Å². The highest BCUT2D eigenvalue weighted by atomic mass is 35.5. The lowest BCUT2D eigenvalue weighted by Gasteiger charge is -2.45. The molecule has 0 aromatic rings. The van der Waals surface area contributed by atoms with Crippen molar-refractivity contribution in [2.45, 2.75) is 264 Å². The quantitative estimate of drug-likeness (QED) is 0.0497. The van der Waals surface area contributed by atoms with Crippen molar-refractivity contribution < 1.29 is 13.3 Å². The molecule has 312 valence electrons. The first-order valence-corrected chi connectivity index (χ1v) is 24.2. The summed E-state index contributed by atoms with van der Waals surface area (Å²) in [6.45, 7) is 11.8. The molecule has 0 rings (SSSR count). The van der Waals surface area contributed by atoms with Crippen LogP contribution in [0.5, 0.6) is 0 Å². The average Bonchev–Trinajstić information content (AvgIpc) is 3.11. The van der Waals surface area contributed by atoms with Gasteiger partial charge in [0.2, 0.25) is 0 Å². The Morgan fingerprint density at radius 1 is 0.392 bits per heavy atom. The van der Waals surface area contributed by atoms with Crippen LogP contribution in [0.3, 0.4) is 0 Å². The molecule has 51 heavy (non-hydrogen) atoms. The van der Waals surface area contributed by atoms with Gasteiger partial charge in [-0.3, -0.25) is 4.90 Å². The van der Waals surface area contributed by atoms with Crippen molar-refractivity contribution >= 4 is 21.2 Å². The molecule has 0 spiro atoms. The van der Waals surface area contributed by atoms with E-state index in [4.69, 9.17) is 13.3 Å². The number of rotatable bonds is 40. The largest absolute Gasteiger partial charge is 0.518 e. The van der Waals surface area contributed by atoms with Crippen LogP contribution in [0.15, 0.2) is 0 Å². The number of hydrogen-bond donors (Lipinski definition) is 1. The monoisotopic (exact) mass is 765 g/mol. The van der Waals surface area contributed by atoms with E-state index < -0.39 is 8.80 Å². The zero-order valence-electron chi connectivity index (χ0n) is 36.4. The Morgan fingerprint density at radius 2 is 0.608 bits per heavy atom. The second-order valence-electron chi connectivity index (χ2n) is 15.8. The third kappa shape index (κ3) is 29.3. The molecule has 0 aromatic carbocycles. The van der Waals surface area contributed by atoms with E-state index in [1.807, 2.05) is 0 Å². The first-order valence-electron chi connectivity index (χ1n) is 22.4. The van der Waals surface area contributed by atoms with Crippen LogP contribution in [-0.4, -0.2) is 52.8 Å². The normalized spacial score (nSPS) is 13.6. The summed E-state index contributed by atoms with van der Waals surface area (Å²) in [6.07, 6.45) is 46.1. The number of unbranched alkanes of at least 4 members (excludes halogenated alkanes) is 28. The minimum absolute atomic E-state index is 0. The zero-order chi connectivity index (χ0) is 36.3. The molecule has 0 aliphatic carbocycles. The molecule has 0 aromatic heterocycles. The summed E-state index contributed by atoms with van der Waals surface area (Å²) in [5.41, 5.74) is 0.199. The van der Waals surface area contributed by atoms with Gasteiger partial charge in [0.15, 0.2) is 0 Å². The van der Waals surface area contributed by atoms with E-state index in [2.05, 4.69) is 39.5 Å². The molecule has 0 heterocycles. The molecule has 3 atom stereocenters. The van der Waals surface area contributed by atoms with Gasteiger partial charge in [-0.1, -0.05) is 213 Å². The maximum Gasteiger partial charge on any atom is 0.518 e. The lowest BCUT2D eigenvalue weighted by molar-refractivity contribution is 0.0346. The van der Waals surface area contributed by atoms with Gasteiger partial charge in [0, 0.05) is 33.4 Å². The highest BCUT2D eigenvalue weighted by Crippen LogP contribution is 2.29. The standard InChI is InChI=1S/C44H93NO3Si.ClH.H3N/c1-9-12-14-16-18-20-22-24-26-28-30-32-34-36-38-40-42(4)45(44(11-3)49(46-6,47-7)48-8)43(5)41-39-37-35-33-31-29-27-25-23-21-19-17-15-13-10-2;;/h42-44H,9-41H2,1-8H3;1H;1H3. The van der Waals surface area contributed by atoms with Crippen molar-refractivity contribution in [3.8, 4) is 0 Å². The molecular weight excluding hydrogens is 668 g/mol. The van der Waals surface area contributed by atoms with Crippen LogP contribution < -0.4 is 6.15 Å². The Kier molecular flexibility index (Phi) is 45.2. The van der Waals surface area contributed by atoms with Crippen LogP contribution in [0.4, 0.5) is 0 Å². The van der Waals surface area contributed by atoms with Gasteiger partial charge in [-0.05, 0) is 33.1 Å². The Balaban J connectivity index is -0.0000115. The first-order chi connectivity index (χ1) is 24.0. The van der Waals surface area contributed by atoms with Gasteiger partial charge in [-0.15, -0.1) is 12.4 Å². The number of nitrogens with zero attached hydrogens (tertiary/aromatic N) is 1. The Bertz CT molecular complexity index is 610. The van der Waals surface area contributed by atoms with E-state index in [0.29, 0.717) is 12.1 Å². The molecular formula is C44H97ClN2O3Si. The Hall–Kier alpha value is 0.307. The summed E-state index contributed by atoms with van der Waals surface area (Å²) >= 11 is 0. The molecule has 7 heteroatoms. The maximum absolute atomic E-state index is 6.09. The molecule has 0 radical (unpaired) electrons. The highest BCUT2D eigenvalue weighted by molar-refractivity contribution is 6.62. The maximum atomic E-state index is 6.09. The van der Waals surface area contributed by atoms with Crippen LogP contribution in [0.2, 0.25) is 0 Å². The third-order valence-corrected chi connectivity index (χ3v) is 14.7. The van der Waals surface area contributed by atoms with Gasteiger partial charge in [-0.25, -0.2) is 0 Å². The van der Waals surface area contributed by atoms with E-state index in [-0.39, 0.29) is 24.2 Å². The van der Waals surface area contributed by atoms with Crippen molar-refractivity contribution in [2.75, 3.05) is 21.3 Å². The summed E-state index contributed by atoms with van der Waals surface area (Å²) < 4.78 is 18.3. The second kappa shape index (κ2) is 41.5. The summed E-state index contributed by atoms with van der Waals surface area (Å²) in [5, 5.41) is 0. The molecule has 0 saturated carbocycles.